The first-order valence-electron chi connectivity index (χ1n) is 5.98. The van der Waals surface area contributed by atoms with Crippen molar-refractivity contribution >= 4 is 0 Å². The third kappa shape index (κ3) is 21.1. The summed E-state index contributed by atoms with van der Waals surface area (Å²) in [6.07, 6.45) is 6.59. The van der Waals surface area contributed by atoms with Gasteiger partial charge in [0.25, 0.3) is 0 Å². The van der Waals surface area contributed by atoms with E-state index in [1.807, 2.05) is 12.1 Å². The largest absolute Gasteiger partial charge is 0.397 e. The van der Waals surface area contributed by atoms with E-state index in [9.17, 15) is 0 Å². The van der Waals surface area contributed by atoms with Crippen LogP contribution in [0.25, 0.3) is 0 Å². The molecular weight excluding hydrogens is 266 g/mol. The van der Waals surface area contributed by atoms with Gasteiger partial charge in [-0.15, -0.1) is 0 Å². The van der Waals surface area contributed by atoms with Gasteiger partial charge in [-0.25, -0.2) is 0 Å². The average molecular weight is 291 g/mol. The second-order valence-corrected chi connectivity index (χ2v) is 3.17. The second kappa shape index (κ2) is 22.0. The Morgan fingerprint density at radius 1 is 0.944 bits per heavy atom. The van der Waals surface area contributed by atoms with Gasteiger partial charge in [0, 0.05) is 53.9 Å². The maximum absolute atomic E-state index is 8.53. The molecule has 0 spiro atoms. The Morgan fingerprint density at radius 2 is 1.39 bits per heavy atom. The molecule has 5 heteroatoms. The van der Waals surface area contributed by atoms with Crippen molar-refractivity contribution in [3.05, 3.63) is 30.1 Å². The van der Waals surface area contributed by atoms with Crippen molar-refractivity contribution in [2.45, 2.75) is 33.1 Å². The SMILES string of the molecule is CCO.CCO.OCCCCc1ccncc1.[Ti]. The molecule has 0 aliphatic carbocycles. The van der Waals surface area contributed by atoms with Gasteiger partial charge < -0.3 is 15.3 Å². The predicted molar refractivity (Wildman–Crippen MR) is 69.8 cm³/mol. The third-order valence-corrected chi connectivity index (χ3v) is 1.62. The summed E-state index contributed by atoms with van der Waals surface area (Å²) in [6, 6.07) is 4.02. The van der Waals surface area contributed by atoms with Crippen LogP contribution in [0, 0.1) is 0 Å². The van der Waals surface area contributed by atoms with Gasteiger partial charge in [-0.05, 0) is 50.8 Å². The van der Waals surface area contributed by atoms with Crippen LogP contribution >= 0.6 is 0 Å². The zero-order valence-electron chi connectivity index (χ0n) is 11.3. The summed E-state index contributed by atoms with van der Waals surface area (Å²) in [5, 5.41) is 23.7. The summed E-state index contributed by atoms with van der Waals surface area (Å²) in [6.45, 7) is 4.16. The fourth-order valence-electron chi connectivity index (χ4n) is 0.990. The van der Waals surface area contributed by atoms with Gasteiger partial charge in [-0.1, -0.05) is 0 Å². The van der Waals surface area contributed by atoms with Crippen molar-refractivity contribution < 1.29 is 37.0 Å². The van der Waals surface area contributed by atoms with Crippen LogP contribution in [0.4, 0.5) is 0 Å². The summed E-state index contributed by atoms with van der Waals surface area (Å²) >= 11 is 0. The molecule has 0 aromatic carbocycles. The number of nitrogens with zero attached hydrogens (tertiary/aromatic N) is 1. The minimum atomic E-state index is 0. The van der Waals surface area contributed by atoms with E-state index in [4.69, 9.17) is 15.3 Å². The normalized spacial score (nSPS) is 8.06. The summed E-state index contributed by atoms with van der Waals surface area (Å²) < 4.78 is 0. The quantitative estimate of drug-likeness (QED) is 0.579. The number of aryl methyl sites for hydroxylation is 1. The number of aliphatic hydroxyl groups is 3. The molecule has 3 N–H and O–H groups in total. The molecule has 1 aromatic heterocycles. The van der Waals surface area contributed by atoms with E-state index in [2.05, 4.69) is 4.98 Å². The molecule has 18 heavy (non-hydrogen) atoms. The van der Waals surface area contributed by atoms with Crippen LogP contribution in [0.5, 0.6) is 0 Å². The molecule has 0 bridgehead atoms. The summed E-state index contributed by atoms with van der Waals surface area (Å²) in [5.41, 5.74) is 1.30. The number of rotatable bonds is 4. The third-order valence-electron chi connectivity index (χ3n) is 1.62. The molecule has 0 saturated carbocycles. The van der Waals surface area contributed by atoms with E-state index in [0.717, 1.165) is 19.3 Å². The molecule has 0 atom stereocenters. The predicted octanol–water partition coefficient (Wildman–Crippen LogP) is 1.39. The zero-order chi connectivity index (χ0) is 13.4. The number of aromatic nitrogens is 1. The molecular formula is C13H25NO3Ti. The minimum Gasteiger partial charge on any atom is -0.397 e. The van der Waals surface area contributed by atoms with E-state index in [0.29, 0.717) is 6.61 Å². The van der Waals surface area contributed by atoms with Crippen LogP contribution in [0.3, 0.4) is 0 Å². The van der Waals surface area contributed by atoms with Crippen molar-refractivity contribution in [3.63, 3.8) is 0 Å². The Hall–Kier alpha value is -0.256. The van der Waals surface area contributed by atoms with Crippen LogP contribution < -0.4 is 0 Å². The number of pyridine rings is 1. The van der Waals surface area contributed by atoms with Crippen molar-refractivity contribution in [3.8, 4) is 0 Å². The zero-order valence-corrected chi connectivity index (χ0v) is 12.9. The first-order chi connectivity index (χ1) is 8.26. The molecule has 0 aliphatic heterocycles. The Bertz CT molecular complexity index is 221. The molecule has 1 aromatic rings. The van der Waals surface area contributed by atoms with Crippen molar-refractivity contribution in [1.82, 2.24) is 4.98 Å². The monoisotopic (exact) mass is 291 g/mol. The maximum atomic E-state index is 8.53. The van der Waals surface area contributed by atoms with Gasteiger partial charge in [0.15, 0.2) is 0 Å². The van der Waals surface area contributed by atoms with Crippen LogP contribution in [-0.2, 0) is 28.1 Å². The molecule has 0 amide bonds. The van der Waals surface area contributed by atoms with Crippen molar-refractivity contribution in [2.24, 2.45) is 0 Å². The molecule has 0 aliphatic rings. The standard InChI is InChI=1S/C9H13NO.2C2H6O.Ti/c11-8-2-1-3-9-4-6-10-7-5-9;2*1-2-3;/h4-7,11H,1-3,8H2;2*3H,2H2,1H3;. The molecule has 0 radical (unpaired) electrons. The Labute approximate surface area is 125 Å². The van der Waals surface area contributed by atoms with Crippen LogP contribution in [0.2, 0.25) is 0 Å². The molecule has 0 fully saturated rings. The molecule has 0 saturated heterocycles. The number of hydrogen-bond donors (Lipinski definition) is 3. The second-order valence-electron chi connectivity index (χ2n) is 3.17. The fourth-order valence-corrected chi connectivity index (χ4v) is 0.990. The van der Waals surface area contributed by atoms with Gasteiger partial charge in [0.2, 0.25) is 0 Å². The molecule has 1 rings (SSSR count). The van der Waals surface area contributed by atoms with Gasteiger partial charge in [-0.3, -0.25) is 4.98 Å². The van der Waals surface area contributed by atoms with Crippen molar-refractivity contribution in [1.29, 1.82) is 0 Å². The Kier molecular flexibility index (Phi) is 27.9. The van der Waals surface area contributed by atoms with E-state index in [1.54, 1.807) is 26.2 Å². The fraction of sp³-hybridized carbons (Fsp3) is 0.615. The first kappa shape index (κ1) is 22.9. The summed E-state index contributed by atoms with van der Waals surface area (Å²) in [4.78, 5) is 3.92. The van der Waals surface area contributed by atoms with Gasteiger partial charge >= 0.3 is 0 Å². The van der Waals surface area contributed by atoms with E-state index in [1.165, 1.54) is 5.56 Å². The van der Waals surface area contributed by atoms with Crippen LogP contribution in [-0.4, -0.2) is 40.1 Å². The molecule has 1 heterocycles. The smallest absolute Gasteiger partial charge is 0.0431 e. The minimum absolute atomic E-state index is 0. The van der Waals surface area contributed by atoms with E-state index < -0.39 is 0 Å². The number of aliphatic hydroxyl groups excluding tert-OH is 3. The number of unbranched alkanes of at least 4 members (excludes halogenated alkanes) is 1. The maximum Gasteiger partial charge on any atom is 0.0431 e. The van der Waals surface area contributed by atoms with Gasteiger partial charge in [0.05, 0.1) is 0 Å². The summed E-state index contributed by atoms with van der Waals surface area (Å²) in [5.74, 6) is 0. The van der Waals surface area contributed by atoms with Crippen LogP contribution in [0.1, 0.15) is 32.3 Å². The molecule has 4 nitrogen and oxygen atoms in total. The Balaban J connectivity index is -0.000000276. The first-order valence-corrected chi connectivity index (χ1v) is 5.98. The Morgan fingerprint density at radius 3 is 1.78 bits per heavy atom. The van der Waals surface area contributed by atoms with Crippen LogP contribution in [0.15, 0.2) is 24.5 Å². The molecule has 0 unspecified atom stereocenters. The van der Waals surface area contributed by atoms with Gasteiger partial charge in [0.1, 0.15) is 0 Å². The van der Waals surface area contributed by atoms with Crippen molar-refractivity contribution in [2.75, 3.05) is 19.8 Å². The summed E-state index contributed by atoms with van der Waals surface area (Å²) in [7, 11) is 0. The average Bonchev–Trinajstić information content (AvgIpc) is 2.33. The van der Waals surface area contributed by atoms with E-state index >= 15 is 0 Å². The topological polar surface area (TPSA) is 73.6 Å². The van der Waals surface area contributed by atoms with Gasteiger partial charge in [-0.2, -0.15) is 0 Å². The number of hydrogen-bond acceptors (Lipinski definition) is 4. The molecule has 104 valence electrons. The van der Waals surface area contributed by atoms with E-state index in [-0.39, 0.29) is 34.9 Å².